The second kappa shape index (κ2) is 9.43. The molecule has 7 heteroatoms. The number of nitrogens with zero attached hydrogens (tertiary/aromatic N) is 1. The van der Waals surface area contributed by atoms with E-state index in [0.29, 0.717) is 10.7 Å². The first-order chi connectivity index (χ1) is 13.1. The molecule has 0 spiro atoms. The van der Waals surface area contributed by atoms with Crippen molar-refractivity contribution >= 4 is 46.7 Å². The molecule has 1 saturated heterocycles. The van der Waals surface area contributed by atoms with Crippen molar-refractivity contribution < 1.29 is 14.4 Å². The van der Waals surface area contributed by atoms with Gasteiger partial charge >= 0.3 is 0 Å². The third-order valence-corrected chi connectivity index (χ3v) is 5.66. The minimum absolute atomic E-state index is 0.129. The van der Waals surface area contributed by atoms with Crippen LogP contribution in [0, 0.1) is 0 Å². The number of benzene rings is 2. The van der Waals surface area contributed by atoms with E-state index in [9.17, 15) is 14.4 Å². The average molecular weight is 399 g/mol. The normalized spacial score (nSPS) is 15.4. The summed E-state index contributed by atoms with van der Waals surface area (Å²) >= 11 is 2.37. The number of nitrogens with one attached hydrogen (secondary N) is 1. The Kier molecular flexibility index (Phi) is 6.73. The highest BCUT2D eigenvalue weighted by Crippen LogP contribution is 2.31. The summed E-state index contributed by atoms with van der Waals surface area (Å²) in [7, 11) is 0. The van der Waals surface area contributed by atoms with Gasteiger partial charge in [0.05, 0.1) is 10.7 Å². The van der Waals surface area contributed by atoms with Crippen LogP contribution in [0.4, 0.5) is 4.79 Å². The Morgan fingerprint density at radius 2 is 1.70 bits per heavy atom. The van der Waals surface area contributed by atoms with E-state index in [1.807, 2.05) is 60.7 Å². The van der Waals surface area contributed by atoms with Gasteiger partial charge in [0.2, 0.25) is 5.91 Å². The summed E-state index contributed by atoms with van der Waals surface area (Å²) in [5.41, 5.74) is 0.870. The second-order valence-electron chi connectivity index (χ2n) is 5.70. The molecule has 3 amide bonds. The Bertz CT molecular complexity index is 854. The average Bonchev–Trinajstić information content (AvgIpc) is 2.95. The van der Waals surface area contributed by atoms with Gasteiger partial charge in [-0.2, -0.15) is 0 Å². The standard InChI is InChI=1S/C20H18N2O3S2/c23-18(14-26-16-9-5-2-6-10-16)21-11-12-22-19(24)17(27-20(22)25)13-15-7-3-1-4-8-15/h1-10,13H,11-12,14H2,(H,21,23)/b17-13-. The van der Waals surface area contributed by atoms with Crippen molar-refractivity contribution in [1.82, 2.24) is 10.2 Å². The molecular weight excluding hydrogens is 380 g/mol. The minimum Gasteiger partial charge on any atom is -0.354 e. The molecule has 1 N–H and O–H groups in total. The zero-order valence-electron chi connectivity index (χ0n) is 14.5. The molecule has 27 heavy (non-hydrogen) atoms. The lowest BCUT2D eigenvalue weighted by atomic mass is 10.2. The molecule has 2 aromatic rings. The van der Waals surface area contributed by atoms with Crippen LogP contribution in [0.15, 0.2) is 70.5 Å². The topological polar surface area (TPSA) is 66.5 Å². The van der Waals surface area contributed by atoms with Gasteiger partial charge < -0.3 is 5.32 Å². The summed E-state index contributed by atoms with van der Waals surface area (Å²) < 4.78 is 0. The molecule has 0 radical (unpaired) electrons. The monoisotopic (exact) mass is 398 g/mol. The molecule has 0 bridgehead atoms. The van der Waals surface area contributed by atoms with Gasteiger partial charge in [-0.15, -0.1) is 11.8 Å². The van der Waals surface area contributed by atoms with Gasteiger partial charge in [0.1, 0.15) is 0 Å². The summed E-state index contributed by atoms with van der Waals surface area (Å²) in [6, 6.07) is 19.0. The van der Waals surface area contributed by atoms with Crippen LogP contribution in [0.25, 0.3) is 6.08 Å². The van der Waals surface area contributed by atoms with Crippen LogP contribution in [0.3, 0.4) is 0 Å². The maximum absolute atomic E-state index is 12.4. The van der Waals surface area contributed by atoms with Crippen LogP contribution in [0.5, 0.6) is 0 Å². The predicted octanol–water partition coefficient (Wildman–Crippen LogP) is 3.63. The maximum atomic E-state index is 12.4. The molecule has 1 fully saturated rings. The van der Waals surface area contributed by atoms with Crippen LogP contribution in [-0.2, 0) is 9.59 Å². The SMILES string of the molecule is O=C(CSc1ccccc1)NCCN1C(=O)S/C(=C\c2ccccc2)C1=O. The van der Waals surface area contributed by atoms with Gasteiger partial charge in [-0.1, -0.05) is 48.5 Å². The number of amides is 3. The van der Waals surface area contributed by atoms with Crippen molar-refractivity contribution in [2.75, 3.05) is 18.8 Å². The fraction of sp³-hybridized carbons (Fsp3) is 0.150. The van der Waals surface area contributed by atoms with E-state index in [-0.39, 0.29) is 30.1 Å². The molecule has 1 heterocycles. The smallest absolute Gasteiger partial charge is 0.293 e. The first-order valence-corrected chi connectivity index (χ1v) is 10.2. The highest BCUT2D eigenvalue weighted by Gasteiger charge is 2.34. The van der Waals surface area contributed by atoms with Crippen LogP contribution in [-0.4, -0.2) is 40.8 Å². The van der Waals surface area contributed by atoms with Crippen molar-refractivity contribution in [3.05, 3.63) is 71.1 Å². The molecule has 138 valence electrons. The van der Waals surface area contributed by atoms with E-state index in [0.717, 1.165) is 22.2 Å². The number of imide groups is 1. The van der Waals surface area contributed by atoms with Crippen molar-refractivity contribution in [3.63, 3.8) is 0 Å². The van der Waals surface area contributed by atoms with Crippen LogP contribution < -0.4 is 5.32 Å². The predicted molar refractivity (Wildman–Crippen MR) is 109 cm³/mol. The van der Waals surface area contributed by atoms with Gasteiger partial charge in [-0.25, -0.2) is 0 Å². The Labute approximate surface area is 166 Å². The maximum Gasteiger partial charge on any atom is 0.293 e. The van der Waals surface area contributed by atoms with Gasteiger partial charge in [0.25, 0.3) is 11.1 Å². The molecular formula is C20H18N2O3S2. The quantitative estimate of drug-likeness (QED) is 0.570. The fourth-order valence-electron chi connectivity index (χ4n) is 2.42. The molecule has 2 aromatic carbocycles. The number of rotatable bonds is 7. The first kappa shape index (κ1) is 19.3. The number of hydrogen-bond acceptors (Lipinski definition) is 5. The van der Waals surface area contributed by atoms with Crippen LogP contribution in [0.1, 0.15) is 5.56 Å². The molecule has 5 nitrogen and oxygen atoms in total. The summed E-state index contributed by atoms with van der Waals surface area (Å²) in [5.74, 6) is -0.155. The molecule has 0 aliphatic carbocycles. The van der Waals surface area contributed by atoms with Crippen molar-refractivity contribution in [2.24, 2.45) is 0 Å². The Balaban J connectivity index is 1.46. The molecule has 0 unspecified atom stereocenters. The second-order valence-corrected chi connectivity index (χ2v) is 7.74. The van der Waals surface area contributed by atoms with Crippen molar-refractivity contribution in [1.29, 1.82) is 0 Å². The Hall–Kier alpha value is -2.51. The minimum atomic E-state index is -0.318. The molecule has 1 aliphatic rings. The molecule has 0 aromatic heterocycles. The van der Waals surface area contributed by atoms with Gasteiger partial charge in [-0.3, -0.25) is 19.3 Å². The molecule has 0 atom stereocenters. The lowest BCUT2D eigenvalue weighted by Gasteiger charge is -2.12. The zero-order chi connectivity index (χ0) is 19.1. The number of thioether (sulfide) groups is 2. The van der Waals surface area contributed by atoms with Crippen LogP contribution in [0.2, 0.25) is 0 Å². The molecule has 3 rings (SSSR count). The highest BCUT2D eigenvalue weighted by molar-refractivity contribution is 8.18. The van der Waals surface area contributed by atoms with E-state index in [1.54, 1.807) is 6.08 Å². The largest absolute Gasteiger partial charge is 0.354 e. The van der Waals surface area contributed by atoms with Gasteiger partial charge in [-0.05, 0) is 35.5 Å². The zero-order valence-corrected chi connectivity index (χ0v) is 16.1. The van der Waals surface area contributed by atoms with E-state index in [4.69, 9.17) is 0 Å². The van der Waals surface area contributed by atoms with E-state index in [1.165, 1.54) is 16.7 Å². The Morgan fingerprint density at radius 1 is 1.04 bits per heavy atom. The molecule has 1 aliphatic heterocycles. The van der Waals surface area contributed by atoms with E-state index in [2.05, 4.69) is 5.32 Å². The number of hydrogen-bond donors (Lipinski definition) is 1. The van der Waals surface area contributed by atoms with Gasteiger partial charge in [0.15, 0.2) is 0 Å². The first-order valence-electron chi connectivity index (χ1n) is 8.38. The third-order valence-electron chi connectivity index (χ3n) is 3.74. The van der Waals surface area contributed by atoms with E-state index >= 15 is 0 Å². The number of carbonyl (C=O) groups is 3. The van der Waals surface area contributed by atoms with Crippen molar-refractivity contribution in [3.8, 4) is 0 Å². The van der Waals surface area contributed by atoms with E-state index < -0.39 is 0 Å². The lowest BCUT2D eigenvalue weighted by Crippen LogP contribution is -2.37. The Morgan fingerprint density at radius 3 is 2.41 bits per heavy atom. The van der Waals surface area contributed by atoms with Crippen molar-refractivity contribution in [2.45, 2.75) is 4.90 Å². The van der Waals surface area contributed by atoms with Gasteiger partial charge in [0, 0.05) is 18.0 Å². The fourth-order valence-corrected chi connectivity index (χ4v) is 4.03. The summed E-state index contributed by atoms with van der Waals surface area (Å²) in [5, 5.41) is 2.44. The lowest BCUT2D eigenvalue weighted by molar-refractivity contribution is -0.123. The molecule has 0 saturated carbocycles. The number of carbonyl (C=O) groups excluding carboxylic acids is 3. The van der Waals surface area contributed by atoms with Crippen LogP contribution >= 0.6 is 23.5 Å². The summed E-state index contributed by atoms with van der Waals surface area (Å²) in [6.07, 6.45) is 1.71. The summed E-state index contributed by atoms with van der Waals surface area (Å²) in [6.45, 7) is 0.406. The third kappa shape index (κ3) is 5.48. The summed E-state index contributed by atoms with van der Waals surface area (Å²) in [4.78, 5) is 39.0. The highest BCUT2D eigenvalue weighted by atomic mass is 32.2.